The number of carboxylic acids is 1. The molecule has 0 saturated heterocycles. The molecule has 2 heterocycles. The number of aromatic nitrogens is 4. The molecule has 0 aliphatic heterocycles. The van der Waals surface area contributed by atoms with Crippen molar-refractivity contribution in [3.8, 4) is 5.95 Å². The van der Waals surface area contributed by atoms with Gasteiger partial charge < -0.3 is 10.4 Å². The minimum absolute atomic E-state index is 0.0368. The van der Waals surface area contributed by atoms with E-state index in [0.29, 0.717) is 17.0 Å². The third kappa shape index (κ3) is 4.86. The van der Waals surface area contributed by atoms with Crippen LogP contribution >= 0.6 is 0 Å². The topological polar surface area (TPSA) is 110 Å². The SMILES string of the molecule is Cc1nn(-c2ncc(C(=O)NC3CCC(C(C)(C)CC(=O)O)CC3)cn2)c2cc(F)ccc12. The zero-order valence-electron chi connectivity index (χ0n) is 19.0. The number of carbonyl (C=O) groups excluding carboxylic acids is 1. The average Bonchev–Trinajstić information content (AvgIpc) is 3.09. The number of carbonyl (C=O) groups is 2. The molecule has 0 atom stereocenters. The van der Waals surface area contributed by atoms with Gasteiger partial charge in [-0.3, -0.25) is 9.59 Å². The van der Waals surface area contributed by atoms with E-state index in [1.165, 1.54) is 29.2 Å². The lowest BCUT2D eigenvalue weighted by atomic mass is 9.68. The Morgan fingerprint density at radius 3 is 2.48 bits per heavy atom. The first-order valence-electron chi connectivity index (χ1n) is 11.1. The highest BCUT2D eigenvalue weighted by Gasteiger charge is 2.35. The van der Waals surface area contributed by atoms with Gasteiger partial charge in [0.1, 0.15) is 5.82 Å². The molecule has 3 aromatic rings. The summed E-state index contributed by atoms with van der Waals surface area (Å²) in [5, 5.41) is 17.4. The number of hydrogen-bond acceptors (Lipinski definition) is 5. The van der Waals surface area contributed by atoms with Gasteiger partial charge in [-0.2, -0.15) is 9.78 Å². The smallest absolute Gasteiger partial charge is 0.303 e. The highest BCUT2D eigenvalue weighted by molar-refractivity contribution is 5.93. The first-order chi connectivity index (χ1) is 15.6. The minimum atomic E-state index is -0.776. The van der Waals surface area contributed by atoms with Crippen molar-refractivity contribution < 1.29 is 19.1 Å². The maximum atomic E-state index is 13.7. The largest absolute Gasteiger partial charge is 0.481 e. The number of benzene rings is 1. The Morgan fingerprint density at radius 2 is 1.85 bits per heavy atom. The van der Waals surface area contributed by atoms with Gasteiger partial charge in [-0.25, -0.2) is 14.4 Å². The van der Waals surface area contributed by atoms with E-state index in [2.05, 4.69) is 20.4 Å². The fraction of sp³-hybridized carbons (Fsp3) is 0.458. The van der Waals surface area contributed by atoms with Gasteiger partial charge in [0, 0.05) is 29.9 Å². The van der Waals surface area contributed by atoms with Crippen LogP contribution in [0, 0.1) is 24.1 Å². The monoisotopic (exact) mass is 453 g/mol. The van der Waals surface area contributed by atoms with Crippen LogP contribution < -0.4 is 5.32 Å². The molecule has 9 heteroatoms. The van der Waals surface area contributed by atoms with Gasteiger partial charge in [-0.05, 0) is 56.1 Å². The van der Waals surface area contributed by atoms with Crippen molar-refractivity contribution in [2.75, 3.05) is 0 Å². The highest BCUT2D eigenvalue weighted by Crippen LogP contribution is 2.40. The van der Waals surface area contributed by atoms with E-state index < -0.39 is 5.97 Å². The Balaban J connectivity index is 1.40. The lowest BCUT2D eigenvalue weighted by molar-refractivity contribution is -0.140. The number of halogens is 1. The van der Waals surface area contributed by atoms with Crippen LogP contribution in [0.25, 0.3) is 16.9 Å². The number of hydrogen-bond donors (Lipinski definition) is 2. The van der Waals surface area contributed by atoms with E-state index in [4.69, 9.17) is 5.11 Å². The second-order valence-electron chi connectivity index (χ2n) is 9.51. The van der Waals surface area contributed by atoms with Gasteiger partial charge >= 0.3 is 5.97 Å². The zero-order valence-corrected chi connectivity index (χ0v) is 19.0. The lowest BCUT2D eigenvalue weighted by Crippen LogP contribution is -2.40. The van der Waals surface area contributed by atoms with Gasteiger partial charge in [0.25, 0.3) is 11.9 Å². The van der Waals surface area contributed by atoms with E-state index in [1.807, 2.05) is 20.8 Å². The molecular formula is C24H28FN5O3. The predicted octanol–water partition coefficient (Wildman–Crippen LogP) is 4.05. The van der Waals surface area contributed by atoms with Gasteiger partial charge in [0.15, 0.2) is 0 Å². The Labute approximate surface area is 191 Å². The summed E-state index contributed by atoms with van der Waals surface area (Å²) in [7, 11) is 0. The summed E-state index contributed by atoms with van der Waals surface area (Å²) in [5.41, 5.74) is 1.37. The first-order valence-corrected chi connectivity index (χ1v) is 11.1. The second kappa shape index (κ2) is 8.88. The van der Waals surface area contributed by atoms with Crippen LogP contribution in [-0.4, -0.2) is 42.8 Å². The molecule has 1 fully saturated rings. The van der Waals surface area contributed by atoms with Crippen LogP contribution in [0.5, 0.6) is 0 Å². The molecule has 1 saturated carbocycles. The number of aryl methyl sites for hydroxylation is 1. The van der Waals surface area contributed by atoms with Crippen molar-refractivity contribution in [1.29, 1.82) is 0 Å². The maximum Gasteiger partial charge on any atom is 0.303 e. The van der Waals surface area contributed by atoms with E-state index in [0.717, 1.165) is 36.8 Å². The predicted molar refractivity (Wildman–Crippen MR) is 121 cm³/mol. The van der Waals surface area contributed by atoms with Crippen LogP contribution in [0.1, 0.15) is 62.0 Å². The van der Waals surface area contributed by atoms with Crippen molar-refractivity contribution in [1.82, 2.24) is 25.1 Å². The van der Waals surface area contributed by atoms with E-state index >= 15 is 0 Å². The average molecular weight is 454 g/mol. The molecule has 8 nitrogen and oxygen atoms in total. The Morgan fingerprint density at radius 1 is 1.18 bits per heavy atom. The third-order valence-corrected chi connectivity index (χ3v) is 6.69. The van der Waals surface area contributed by atoms with Crippen molar-refractivity contribution in [3.05, 3.63) is 47.7 Å². The van der Waals surface area contributed by atoms with E-state index in [1.54, 1.807) is 6.07 Å². The Hall–Kier alpha value is -3.36. The number of rotatable bonds is 6. The number of aliphatic carboxylic acids is 1. The van der Waals surface area contributed by atoms with Crippen LogP contribution in [-0.2, 0) is 4.79 Å². The Bertz CT molecular complexity index is 1180. The summed E-state index contributed by atoms with van der Waals surface area (Å²) in [4.78, 5) is 32.4. The number of amides is 1. The summed E-state index contributed by atoms with van der Waals surface area (Å²) >= 11 is 0. The van der Waals surface area contributed by atoms with Crippen LogP contribution in [0.3, 0.4) is 0 Å². The number of carboxylic acid groups (broad SMARTS) is 1. The second-order valence-corrected chi connectivity index (χ2v) is 9.51. The molecule has 0 unspecified atom stereocenters. The molecule has 0 bridgehead atoms. The standard InChI is InChI=1S/C24H28FN5O3/c1-14-19-9-6-17(25)10-20(19)30(29-14)23-26-12-15(13-27-23)22(33)28-18-7-4-16(5-8-18)24(2,3)11-21(31)32/h6,9-10,12-13,16,18H,4-5,7-8,11H2,1-3H3,(H,28,33)(H,31,32). The van der Waals surface area contributed by atoms with Crippen LogP contribution in [0.2, 0.25) is 0 Å². The molecule has 2 N–H and O–H groups in total. The molecule has 174 valence electrons. The first kappa shape index (κ1) is 22.8. The molecule has 1 aliphatic carbocycles. The molecule has 0 spiro atoms. The number of nitrogens with one attached hydrogen (secondary N) is 1. The lowest BCUT2D eigenvalue weighted by Gasteiger charge is -2.38. The molecule has 33 heavy (non-hydrogen) atoms. The summed E-state index contributed by atoms with van der Waals surface area (Å²) in [6.07, 6.45) is 6.41. The van der Waals surface area contributed by atoms with Gasteiger partial charge in [-0.1, -0.05) is 13.8 Å². The van der Waals surface area contributed by atoms with Crippen LogP contribution in [0.4, 0.5) is 4.39 Å². The van der Waals surface area contributed by atoms with E-state index in [-0.39, 0.29) is 35.6 Å². The molecule has 1 aliphatic rings. The van der Waals surface area contributed by atoms with Crippen molar-refractivity contribution in [2.45, 2.75) is 58.9 Å². The molecule has 1 aromatic carbocycles. The minimum Gasteiger partial charge on any atom is -0.481 e. The van der Waals surface area contributed by atoms with Crippen LogP contribution in [0.15, 0.2) is 30.6 Å². The molecule has 0 radical (unpaired) electrons. The van der Waals surface area contributed by atoms with Gasteiger partial charge in [0.05, 0.1) is 23.2 Å². The fourth-order valence-electron chi connectivity index (χ4n) is 4.77. The van der Waals surface area contributed by atoms with Gasteiger partial charge in [0.2, 0.25) is 0 Å². The summed E-state index contributed by atoms with van der Waals surface area (Å²) in [6, 6.07) is 4.47. The number of fused-ring (bicyclic) bond motifs is 1. The summed E-state index contributed by atoms with van der Waals surface area (Å²) in [6.45, 7) is 5.83. The van der Waals surface area contributed by atoms with E-state index in [9.17, 15) is 14.0 Å². The summed E-state index contributed by atoms with van der Waals surface area (Å²) < 4.78 is 15.2. The molecule has 2 aromatic heterocycles. The summed E-state index contributed by atoms with van der Waals surface area (Å²) in [5.74, 6) is -0.816. The zero-order chi connectivity index (χ0) is 23.8. The number of nitrogens with zero attached hydrogens (tertiary/aromatic N) is 4. The van der Waals surface area contributed by atoms with Crippen molar-refractivity contribution >= 4 is 22.8 Å². The molecule has 1 amide bonds. The van der Waals surface area contributed by atoms with Gasteiger partial charge in [-0.15, -0.1) is 0 Å². The fourth-order valence-corrected chi connectivity index (χ4v) is 4.77. The highest BCUT2D eigenvalue weighted by atomic mass is 19.1. The quantitative estimate of drug-likeness (QED) is 0.583. The normalized spacial score (nSPS) is 18.9. The third-order valence-electron chi connectivity index (χ3n) is 6.69. The maximum absolute atomic E-state index is 13.7. The molecule has 4 rings (SSSR count). The van der Waals surface area contributed by atoms with Crippen molar-refractivity contribution in [2.24, 2.45) is 11.3 Å². The molecular weight excluding hydrogens is 425 g/mol. The van der Waals surface area contributed by atoms with Crippen molar-refractivity contribution in [3.63, 3.8) is 0 Å². The Kier molecular flexibility index (Phi) is 6.14.